The van der Waals surface area contributed by atoms with Crippen molar-refractivity contribution < 1.29 is 18.0 Å². The molecule has 0 saturated carbocycles. The fourth-order valence-electron chi connectivity index (χ4n) is 1.54. The highest BCUT2D eigenvalue weighted by molar-refractivity contribution is 5.99. The van der Waals surface area contributed by atoms with Crippen LogP contribution >= 0.6 is 0 Å². The van der Waals surface area contributed by atoms with Crippen LogP contribution in [-0.4, -0.2) is 13.0 Å². The Morgan fingerprint density at radius 3 is 2.31 bits per heavy atom. The first-order valence-corrected chi connectivity index (χ1v) is 4.47. The molecule has 0 aliphatic rings. The lowest BCUT2D eigenvalue weighted by molar-refractivity contribution is -0.137. The minimum absolute atomic E-state index is 0.0434. The Morgan fingerprint density at radius 2 is 1.94 bits per heavy atom. The molecular formula is C10H11F3N2O. The summed E-state index contributed by atoms with van der Waals surface area (Å²) in [6, 6.07) is 2.50. The van der Waals surface area contributed by atoms with Crippen molar-refractivity contribution >= 4 is 11.6 Å². The predicted molar refractivity (Wildman–Crippen MR) is 54.2 cm³/mol. The number of nitrogens with two attached hydrogens (primary N) is 1. The zero-order valence-electron chi connectivity index (χ0n) is 8.77. The number of benzene rings is 1. The van der Waals surface area contributed by atoms with E-state index in [-0.39, 0.29) is 16.8 Å². The topological polar surface area (TPSA) is 55.1 Å². The third-order valence-electron chi connectivity index (χ3n) is 2.21. The molecule has 0 saturated heterocycles. The third kappa shape index (κ3) is 2.10. The van der Waals surface area contributed by atoms with Gasteiger partial charge in [-0.3, -0.25) is 4.79 Å². The first-order valence-electron chi connectivity index (χ1n) is 4.47. The van der Waals surface area contributed by atoms with Gasteiger partial charge in [-0.1, -0.05) is 6.07 Å². The molecule has 1 amide bonds. The Morgan fingerprint density at radius 1 is 1.38 bits per heavy atom. The van der Waals surface area contributed by atoms with Crippen molar-refractivity contribution in [2.24, 2.45) is 5.73 Å². The maximum absolute atomic E-state index is 12.7. The lowest BCUT2D eigenvalue weighted by Crippen LogP contribution is -2.18. The van der Waals surface area contributed by atoms with Gasteiger partial charge >= 0.3 is 6.18 Å². The zero-order valence-corrected chi connectivity index (χ0v) is 8.77. The molecule has 0 aromatic heterocycles. The van der Waals surface area contributed by atoms with Gasteiger partial charge in [0.1, 0.15) is 0 Å². The molecule has 6 heteroatoms. The van der Waals surface area contributed by atoms with Gasteiger partial charge in [0.15, 0.2) is 0 Å². The van der Waals surface area contributed by atoms with Crippen LogP contribution in [0, 0.1) is 6.92 Å². The largest absolute Gasteiger partial charge is 0.418 e. The summed E-state index contributed by atoms with van der Waals surface area (Å²) in [5.41, 5.74) is 3.75. The normalized spacial score (nSPS) is 11.3. The summed E-state index contributed by atoms with van der Waals surface area (Å²) in [6.45, 7) is 1.33. The second-order valence-electron chi connectivity index (χ2n) is 3.29. The minimum Gasteiger partial charge on any atom is -0.387 e. The molecule has 0 radical (unpaired) electrons. The smallest absolute Gasteiger partial charge is 0.387 e. The molecule has 88 valence electrons. The van der Waals surface area contributed by atoms with E-state index in [1.807, 2.05) is 0 Å². The summed E-state index contributed by atoms with van der Waals surface area (Å²) < 4.78 is 38.2. The third-order valence-corrected chi connectivity index (χ3v) is 2.21. The second kappa shape index (κ2) is 4.03. The van der Waals surface area contributed by atoms with Gasteiger partial charge in [-0.2, -0.15) is 13.2 Å². The van der Waals surface area contributed by atoms with Gasteiger partial charge in [0.25, 0.3) is 5.91 Å². The number of carbonyl (C=O) groups is 1. The summed E-state index contributed by atoms with van der Waals surface area (Å²) in [5, 5.41) is 2.37. The van der Waals surface area contributed by atoms with Crippen molar-refractivity contribution in [1.29, 1.82) is 0 Å². The van der Waals surface area contributed by atoms with Crippen LogP contribution in [-0.2, 0) is 6.18 Å². The van der Waals surface area contributed by atoms with E-state index in [9.17, 15) is 18.0 Å². The van der Waals surface area contributed by atoms with Crippen LogP contribution in [0.4, 0.5) is 18.9 Å². The first-order chi connectivity index (χ1) is 7.29. The molecule has 0 aliphatic heterocycles. The lowest BCUT2D eigenvalue weighted by Gasteiger charge is -2.17. The average molecular weight is 232 g/mol. The molecule has 3 nitrogen and oxygen atoms in total. The van der Waals surface area contributed by atoms with Crippen LogP contribution in [0.25, 0.3) is 0 Å². The van der Waals surface area contributed by atoms with E-state index in [2.05, 4.69) is 5.32 Å². The van der Waals surface area contributed by atoms with Crippen LogP contribution in [0.1, 0.15) is 21.5 Å². The molecule has 0 fully saturated rings. The van der Waals surface area contributed by atoms with Crippen molar-refractivity contribution in [3.05, 3.63) is 28.8 Å². The SMILES string of the molecule is CNc1c(C(N)=O)ccc(C)c1C(F)(F)F. The fourth-order valence-corrected chi connectivity index (χ4v) is 1.54. The maximum atomic E-state index is 12.7. The van der Waals surface area contributed by atoms with Crippen molar-refractivity contribution in [2.75, 3.05) is 12.4 Å². The summed E-state index contributed by atoms with van der Waals surface area (Å²) in [5.74, 6) is -0.894. The molecule has 16 heavy (non-hydrogen) atoms. The Kier molecular flexibility index (Phi) is 3.11. The predicted octanol–water partition coefficient (Wildman–Crippen LogP) is 2.15. The molecule has 1 aromatic carbocycles. The average Bonchev–Trinajstić information content (AvgIpc) is 2.14. The summed E-state index contributed by atoms with van der Waals surface area (Å²) >= 11 is 0. The van der Waals surface area contributed by atoms with E-state index in [1.54, 1.807) is 0 Å². The molecule has 0 spiro atoms. The monoisotopic (exact) mass is 232 g/mol. The van der Waals surface area contributed by atoms with E-state index in [0.29, 0.717) is 0 Å². The molecular weight excluding hydrogens is 221 g/mol. The van der Waals surface area contributed by atoms with E-state index in [0.717, 1.165) is 0 Å². The fraction of sp³-hybridized carbons (Fsp3) is 0.300. The quantitative estimate of drug-likeness (QED) is 0.820. The van der Waals surface area contributed by atoms with Gasteiger partial charge in [0, 0.05) is 7.05 Å². The van der Waals surface area contributed by atoms with Crippen molar-refractivity contribution in [2.45, 2.75) is 13.1 Å². The van der Waals surface area contributed by atoms with E-state index in [4.69, 9.17) is 5.73 Å². The number of amides is 1. The molecule has 0 atom stereocenters. The standard InChI is InChI=1S/C10H11F3N2O/c1-5-3-4-6(9(14)16)8(15-2)7(5)10(11,12)13/h3-4,15H,1-2H3,(H2,14,16). The van der Waals surface area contributed by atoms with E-state index < -0.39 is 17.6 Å². The minimum atomic E-state index is -4.52. The first kappa shape index (κ1) is 12.4. The van der Waals surface area contributed by atoms with E-state index >= 15 is 0 Å². The van der Waals surface area contributed by atoms with Crippen LogP contribution in [0.5, 0.6) is 0 Å². The number of rotatable bonds is 2. The maximum Gasteiger partial charge on any atom is 0.418 e. The Labute approximate surface area is 90.4 Å². The number of alkyl halides is 3. The van der Waals surface area contributed by atoms with Gasteiger partial charge < -0.3 is 11.1 Å². The number of carbonyl (C=O) groups excluding carboxylic acids is 1. The molecule has 1 aromatic rings. The number of hydrogen-bond donors (Lipinski definition) is 2. The number of anilines is 1. The number of aryl methyl sites for hydroxylation is 1. The van der Waals surface area contributed by atoms with Crippen LogP contribution in [0.2, 0.25) is 0 Å². The molecule has 3 N–H and O–H groups in total. The summed E-state index contributed by atoms with van der Waals surface area (Å²) in [6.07, 6.45) is -4.52. The highest BCUT2D eigenvalue weighted by Gasteiger charge is 2.36. The number of nitrogens with one attached hydrogen (secondary N) is 1. The van der Waals surface area contributed by atoms with Gasteiger partial charge in [0.2, 0.25) is 0 Å². The van der Waals surface area contributed by atoms with Gasteiger partial charge in [0.05, 0.1) is 16.8 Å². The number of primary amides is 1. The van der Waals surface area contributed by atoms with Crippen molar-refractivity contribution in [3.63, 3.8) is 0 Å². The van der Waals surface area contributed by atoms with Crippen LogP contribution < -0.4 is 11.1 Å². The van der Waals surface area contributed by atoms with Crippen LogP contribution in [0.15, 0.2) is 12.1 Å². The number of halogens is 3. The molecule has 0 bridgehead atoms. The second-order valence-corrected chi connectivity index (χ2v) is 3.29. The molecule has 1 rings (SSSR count). The van der Waals surface area contributed by atoms with Gasteiger partial charge in [-0.15, -0.1) is 0 Å². The highest BCUT2D eigenvalue weighted by atomic mass is 19.4. The Hall–Kier alpha value is -1.72. The van der Waals surface area contributed by atoms with Crippen molar-refractivity contribution in [1.82, 2.24) is 0 Å². The van der Waals surface area contributed by atoms with Crippen molar-refractivity contribution in [3.8, 4) is 0 Å². The van der Waals surface area contributed by atoms with Crippen LogP contribution in [0.3, 0.4) is 0 Å². The molecule has 0 aliphatic carbocycles. The summed E-state index contributed by atoms with van der Waals surface area (Å²) in [7, 11) is 1.32. The molecule has 0 unspecified atom stereocenters. The van der Waals surface area contributed by atoms with E-state index in [1.165, 1.54) is 26.1 Å². The lowest BCUT2D eigenvalue weighted by atomic mass is 10.0. The Bertz CT molecular complexity index is 427. The summed E-state index contributed by atoms with van der Waals surface area (Å²) in [4.78, 5) is 11.0. The number of hydrogen-bond acceptors (Lipinski definition) is 2. The Balaban J connectivity index is 3.57. The zero-order chi connectivity index (χ0) is 12.5. The van der Waals surface area contributed by atoms with Gasteiger partial charge in [-0.05, 0) is 18.6 Å². The van der Waals surface area contributed by atoms with Gasteiger partial charge in [-0.25, -0.2) is 0 Å². The molecule has 0 heterocycles. The highest BCUT2D eigenvalue weighted by Crippen LogP contribution is 2.38.